The molecule has 0 aliphatic heterocycles. The van der Waals surface area contributed by atoms with Crippen molar-refractivity contribution in [2.45, 2.75) is 11.5 Å². The second-order valence-corrected chi connectivity index (χ2v) is 4.53. The molecular formula is C12H20ClNOS2. The van der Waals surface area contributed by atoms with Crippen LogP contribution in [-0.2, 0) is 11.5 Å². The summed E-state index contributed by atoms with van der Waals surface area (Å²) in [5.41, 5.74) is 2.42. The maximum absolute atomic E-state index is 5.66. The summed E-state index contributed by atoms with van der Waals surface area (Å²) >= 11 is 8.59. The zero-order valence-electron chi connectivity index (χ0n) is 10.2. The van der Waals surface area contributed by atoms with Gasteiger partial charge in [0.1, 0.15) is 12.4 Å². The van der Waals surface area contributed by atoms with E-state index in [2.05, 4.69) is 36.2 Å². The Morgan fingerprint density at radius 3 is 2.29 bits per heavy atom. The van der Waals surface area contributed by atoms with Crippen LogP contribution in [0.25, 0.3) is 0 Å². The fourth-order valence-electron chi connectivity index (χ4n) is 1.34. The fraction of sp³-hybridized carbons (Fsp3) is 0.500. The molecule has 2 nitrogen and oxygen atoms in total. The van der Waals surface area contributed by atoms with Crippen LogP contribution in [0.4, 0.5) is 0 Å². The maximum atomic E-state index is 5.66. The number of thiol groups is 2. The highest BCUT2D eigenvalue weighted by atomic mass is 35.5. The van der Waals surface area contributed by atoms with Gasteiger partial charge in [0.15, 0.2) is 0 Å². The Hall–Kier alpha value is -0.0300. The van der Waals surface area contributed by atoms with E-state index >= 15 is 0 Å². The van der Waals surface area contributed by atoms with E-state index < -0.39 is 0 Å². The van der Waals surface area contributed by atoms with E-state index in [-0.39, 0.29) is 12.4 Å². The van der Waals surface area contributed by atoms with E-state index in [1.807, 2.05) is 26.2 Å². The number of hydrogen-bond acceptors (Lipinski definition) is 4. The predicted molar refractivity (Wildman–Crippen MR) is 83.1 cm³/mol. The lowest BCUT2D eigenvalue weighted by atomic mass is 10.1. The van der Waals surface area contributed by atoms with Gasteiger partial charge in [0.2, 0.25) is 0 Å². The highest BCUT2D eigenvalue weighted by molar-refractivity contribution is 7.79. The van der Waals surface area contributed by atoms with E-state index in [4.69, 9.17) is 4.74 Å². The average Bonchev–Trinajstić information content (AvgIpc) is 2.28. The number of benzene rings is 1. The van der Waals surface area contributed by atoms with Crippen LogP contribution in [-0.4, -0.2) is 32.1 Å². The summed E-state index contributed by atoms with van der Waals surface area (Å²) < 4.78 is 5.66. The van der Waals surface area contributed by atoms with Crippen LogP contribution in [0.1, 0.15) is 11.1 Å². The van der Waals surface area contributed by atoms with Crippen LogP contribution in [0.3, 0.4) is 0 Å². The molecule has 17 heavy (non-hydrogen) atoms. The zero-order chi connectivity index (χ0) is 12.0. The summed E-state index contributed by atoms with van der Waals surface area (Å²) in [6, 6.07) is 6.10. The second kappa shape index (κ2) is 8.97. The van der Waals surface area contributed by atoms with Crippen LogP contribution in [0.2, 0.25) is 0 Å². The first-order valence-corrected chi connectivity index (χ1v) is 6.55. The molecule has 0 aliphatic carbocycles. The third-order valence-electron chi connectivity index (χ3n) is 2.33. The van der Waals surface area contributed by atoms with Crippen LogP contribution in [0.5, 0.6) is 5.75 Å². The van der Waals surface area contributed by atoms with E-state index in [1.165, 1.54) is 11.1 Å². The van der Waals surface area contributed by atoms with Gasteiger partial charge in [-0.2, -0.15) is 25.3 Å². The van der Waals surface area contributed by atoms with Crippen LogP contribution >= 0.6 is 37.7 Å². The minimum atomic E-state index is 0. The molecule has 0 bridgehead atoms. The fourth-order valence-corrected chi connectivity index (χ4v) is 1.94. The first-order valence-electron chi connectivity index (χ1n) is 5.28. The van der Waals surface area contributed by atoms with Crippen LogP contribution in [0, 0.1) is 0 Å². The van der Waals surface area contributed by atoms with Gasteiger partial charge >= 0.3 is 0 Å². The number of likely N-dealkylation sites (N-methyl/N-ethyl adjacent to an activating group) is 1. The Morgan fingerprint density at radius 1 is 1.12 bits per heavy atom. The average molecular weight is 294 g/mol. The van der Waals surface area contributed by atoms with Gasteiger partial charge in [-0.3, -0.25) is 0 Å². The molecule has 0 heterocycles. The Bertz CT molecular complexity index is 334. The van der Waals surface area contributed by atoms with Gasteiger partial charge in [-0.05, 0) is 37.4 Å². The van der Waals surface area contributed by atoms with Crippen molar-refractivity contribution in [1.29, 1.82) is 0 Å². The number of halogens is 1. The molecule has 0 unspecified atom stereocenters. The van der Waals surface area contributed by atoms with Gasteiger partial charge in [0.25, 0.3) is 0 Å². The van der Waals surface area contributed by atoms with E-state index in [9.17, 15) is 0 Å². The zero-order valence-corrected chi connectivity index (χ0v) is 12.8. The lowest BCUT2D eigenvalue weighted by Crippen LogP contribution is -2.19. The molecule has 0 spiro atoms. The molecule has 0 N–H and O–H groups in total. The van der Waals surface area contributed by atoms with Crippen molar-refractivity contribution in [2.75, 3.05) is 27.2 Å². The van der Waals surface area contributed by atoms with E-state index in [1.54, 1.807) is 0 Å². The number of nitrogens with zero attached hydrogens (tertiary/aromatic N) is 1. The maximum Gasteiger partial charge on any atom is 0.119 e. The van der Waals surface area contributed by atoms with Gasteiger partial charge in [-0.1, -0.05) is 6.07 Å². The first kappa shape index (κ1) is 17.0. The molecule has 0 atom stereocenters. The van der Waals surface area contributed by atoms with Gasteiger partial charge in [0.05, 0.1) is 0 Å². The molecule has 0 radical (unpaired) electrons. The molecule has 1 aromatic carbocycles. The molecular weight excluding hydrogens is 274 g/mol. The number of hydrogen-bond donors (Lipinski definition) is 2. The highest BCUT2D eigenvalue weighted by Crippen LogP contribution is 2.20. The smallest absolute Gasteiger partial charge is 0.119 e. The van der Waals surface area contributed by atoms with E-state index in [0.29, 0.717) is 6.61 Å². The van der Waals surface area contributed by atoms with Crippen molar-refractivity contribution in [2.24, 2.45) is 0 Å². The number of ether oxygens (including phenoxy) is 1. The molecule has 5 heteroatoms. The Labute approximate surface area is 121 Å². The minimum absolute atomic E-state index is 0. The van der Waals surface area contributed by atoms with Gasteiger partial charge < -0.3 is 9.64 Å². The molecule has 0 saturated heterocycles. The van der Waals surface area contributed by atoms with Gasteiger partial charge in [-0.15, -0.1) is 12.4 Å². The summed E-state index contributed by atoms with van der Waals surface area (Å²) in [6.07, 6.45) is 0. The minimum Gasteiger partial charge on any atom is -0.492 e. The topological polar surface area (TPSA) is 12.5 Å². The largest absolute Gasteiger partial charge is 0.492 e. The van der Waals surface area contributed by atoms with Crippen LogP contribution in [0.15, 0.2) is 18.2 Å². The lowest BCUT2D eigenvalue weighted by Gasteiger charge is -2.12. The Morgan fingerprint density at radius 2 is 1.76 bits per heavy atom. The quantitative estimate of drug-likeness (QED) is 0.783. The monoisotopic (exact) mass is 293 g/mol. The van der Waals surface area contributed by atoms with Crippen molar-refractivity contribution in [1.82, 2.24) is 4.90 Å². The molecule has 0 fully saturated rings. The molecule has 98 valence electrons. The van der Waals surface area contributed by atoms with E-state index in [0.717, 1.165) is 23.8 Å². The molecule has 0 amide bonds. The van der Waals surface area contributed by atoms with Crippen molar-refractivity contribution in [3.05, 3.63) is 29.3 Å². The summed E-state index contributed by atoms with van der Waals surface area (Å²) in [5, 5.41) is 0. The summed E-state index contributed by atoms with van der Waals surface area (Å²) in [6.45, 7) is 1.63. The first-order chi connectivity index (χ1) is 7.67. The molecule has 0 aromatic heterocycles. The van der Waals surface area contributed by atoms with Crippen molar-refractivity contribution in [3.63, 3.8) is 0 Å². The second-order valence-electron chi connectivity index (χ2n) is 3.90. The standard InChI is InChI=1S/C12H19NOS2.ClH/c1-13(2)5-6-14-12-4-3-10(8-15)11(7-12)9-16;/h3-4,7,15-16H,5-6,8-9H2,1-2H3;1H. The third kappa shape index (κ3) is 5.91. The summed E-state index contributed by atoms with van der Waals surface area (Å²) in [7, 11) is 4.07. The summed E-state index contributed by atoms with van der Waals surface area (Å²) in [4.78, 5) is 2.10. The van der Waals surface area contributed by atoms with Crippen LogP contribution < -0.4 is 4.74 Å². The molecule has 0 aliphatic rings. The van der Waals surface area contributed by atoms with Gasteiger partial charge in [0, 0.05) is 18.1 Å². The van der Waals surface area contributed by atoms with Gasteiger partial charge in [-0.25, -0.2) is 0 Å². The normalized spacial score (nSPS) is 10.2. The van der Waals surface area contributed by atoms with Crippen molar-refractivity contribution >= 4 is 37.7 Å². The summed E-state index contributed by atoms with van der Waals surface area (Å²) in [5.74, 6) is 2.38. The number of rotatable bonds is 6. The molecule has 0 saturated carbocycles. The SMILES string of the molecule is CN(C)CCOc1ccc(CS)c(CS)c1.Cl. The highest BCUT2D eigenvalue weighted by Gasteiger charge is 2.02. The predicted octanol–water partition coefficient (Wildman–Crippen LogP) is 2.91. The molecule has 1 aromatic rings. The Balaban J connectivity index is 0.00000256. The molecule has 1 rings (SSSR count). The van der Waals surface area contributed by atoms with Crippen molar-refractivity contribution in [3.8, 4) is 5.75 Å². The Kier molecular flexibility index (Phi) is 8.96. The third-order valence-corrected chi connectivity index (χ3v) is 3.01. The lowest BCUT2D eigenvalue weighted by molar-refractivity contribution is 0.261. The van der Waals surface area contributed by atoms with Crippen molar-refractivity contribution < 1.29 is 4.74 Å².